The van der Waals surface area contributed by atoms with Gasteiger partial charge in [-0.25, -0.2) is 4.68 Å². The molecule has 1 saturated carbocycles. The molecule has 0 aromatic carbocycles. The van der Waals surface area contributed by atoms with E-state index >= 15 is 0 Å². The van der Waals surface area contributed by atoms with Crippen LogP contribution in [0, 0.1) is 5.92 Å². The molecule has 2 N–H and O–H groups in total. The fourth-order valence-electron chi connectivity index (χ4n) is 2.39. The van der Waals surface area contributed by atoms with Crippen LogP contribution in [0.3, 0.4) is 0 Å². The van der Waals surface area contributed by atoms with Crippen LogP contribution in [0.1, 0.15) is 48.4 Å². The number of primary amides is 1. The number of hydrogen-bond acceptors (Lipinski definition) is 4. The minimum absolute atomic E-state index is 0.270. The summed E-state index contributed by atoms with van der Waals surface area (Å²) >= 11 is 0. The molecule has 1 aromatic rings. The Morgan fingerprint density at radius 2 is 2.33 bits per heavy atom. The van der Waals surface area contributed by atoms with Crippen LogP contribution in [0.15, 0.2) is 0 Å². The number of amides is 1. The molecule has 1 aromatic heterocycles. The second-order valence-corrected chi connectivity index (χ2v) is 4.87. The quantitative estimate of drug-likeness (QED) is 0.816. The predicted molar refractivity (Wildman–Crippen MR) is 66.2 cm³/mol. The molecule has 0 radical (unpaired) electrons. The summed E-state index contributed by atoms with van der Waals surface area (Å²) in [4.78, 5) is 11.3. The highest BCUT2D eigenvalue weighted by Gasteiger charge is 2.29. The molecule has 1 amide bonds. The Kier molecular flexibility index (Phi) is 3.96. The molecule has 1 aliphatic rings. The van der Waals surface area contributed by atoms with Crippen LogP contribution in [-0.2, 0) is 11.2 Å². The minimum Gasteiger partial charge on any atom is -0.384 e. The molecular weight excluding hydrogens is 232 g/mol. The molecule has 6 heteroatoms. The Hall–Kier alpha value is -1.43. The summed E-state index contributed by atoms with van der Waals surface area (Å²) < 4.78 is 6.91. The molecule has 1 heterocycles. The molecule has 0 saturated heterocycles. The number of aromatic nitrogens is 3. The van der Waals surface area contributed by atoms with Crippen molar-refractivity contribution in [3.8, 4) is 0 Å². The van der Waals surface area contributed by atoms with E-state index in [9.17, 15) is 4.79 Å². The summed E-state index contributed by atoms with van der Waals surface area (Å²) in [7, 11) is 1.63. The fourth-order valence-corrected chi connectivity index (χ4v) is 2.39. The van der Waals surface area contributed by atoms with Crippen molar-refractivity contribution in [3.63, 3.8) is 0 Å². The summed E-state index contributed by atoms with van der Waals surface area (Å²) in [6, 6.07) is 0.270. The molecule has 0 aliphatic heterocycles. The fraction of sp³-hybridized carbons (Fsp3) is 0.750. The van der Waals surface area contributed by atoms with E-state index in [1.54, 1.807) is 7.11 Å². The maximum absolute atomic E-state index is 11.3. The lowest BCUT2D eigenvalue weighted by molar-refractivity contribution is 0.0993. The van der Waals surface area contributed by atoms with Crippen molar-refractivity contribution in [3.05, 3.63) is 11.4 Å². The maximum atomic E-state index is 11.3. The molecule has 1 atom stereocenters. The van der Waals surface area contributed by atoms with Gasteiger partial charge in [-0.05, 0) is 25.7 Å². The first-order chi connectivity index (χ1) is 8.65. The maximum Gasteiger partial charge on any atom is 0.271 e. The topological polar surface area (TPSA) is 83.0 Å². The van der Waals surface area contributed by atoms with Crippen LogP contribution in [0.25, 0.3) is 0 Å². The summed E-state index contributed by atoms with van der Waals surface area (Å²) in [6.45, 7) is 2.66. The van der Waals surface area contributed by atoms with Crippen molar-refractivity contribution < 1.29 is 9.53 Å². The van der Waals surface area contributed by atoms with Crippen LogP contribution < -0.4 is 5.73 Å². The molecule has 0 bridgehead atoms. The molecule has 2 rings (SSSR count). The summed E-state index contributed by atoms with van der Waals surface area (Å²) in [5, 5.41) is 8.02. The molecule has 1 unspecified atom stereocenters. The number of nitrogens with zero attached hydrogens (tertiary/aromatic N) is 3. The normalized spacial score (nSPS) is 17.4. The van der Waals surface area contributed by atoms with Crippen molar-refractivity contribution >= 4 is 5.91 Å². The van der Waals surface area contributed by atoms with E-state index in [0.29, 0.717) is 18.9 Å². The van der Waals surface area contributed by atoms with Crippen LogP contribution in [0.2, 0.25) is 0 Å². The van der Waals surface area contributed by atoms with Crippen molar-refractivity contribution in [1.29, 1.82) is 0 Å². The first-order valence-electron chi connectivity index (χ1n) is 6.38. The number of ether oxygens (including phenoxy) is 1. The standard InChI is InChI=1S/C12H20N4O2/c1-8(9-4-3-5-9)16-10(6-7-18-2)11(12(13)17)14-15-16/h8-9H,3-7H2,1-2H3,(H2,13,17). The second kappa shape index (κ2) is 5.48. The number of rotatable bonds is 6. The summed E-state index contributed by atoms with van der Waals surface area (Å²) in [5.74, 6) is 0.113. The van der Waals surface area contributed by atoms with Gasteiger partial charge in [0.25, 0.3) is 5.91 Å². The molecular formula is C12H20N4O2. The Balaban J connectivity index is 2.24. The van der Waals surface area contributed by atoms with E-state index in [0.717, 1.165) is 5.69 Å². The zero-order valence-electron chi connectivity index (χ0n) is 10.9. The van der Waals surface area contributed by atoms with Crippen LogP contribution in [-0.4, -0.2) is 34.6 Å². The van der Waals surface area contributed by atoms with Gasteiger partial charge >= 0.3 is 0 Å². The van der Waals surface area contributed by atoms with Crippen molar-refractivity contribution in [1.82, 2.24) is 15.0 Å². The Labute approximate surface area is 106 Å². The van der Waals surface area contributed by atoms with E-state index in [2.05, 4.69) is 17.2 Å². The Morgan fingerprint density at radius 1 is 1.61 bits per heavy atom. The van der Waals surface area contributed by atoms with Gasteiger partial charge in [0.15, 0.2) is 5.69 Å². The summed E-state index contributed by atoms with van der Waals surface area (Å²) in [6.07, 6.45) is 4.33. The number of carbonyl (C=O) groups excluding carboxylic acids is 1. The van der Waals surface area contributed by atoms with Crippen molar-refractivity contribution in [2.24, 2.45) is 11.7 Å². The summed E-state index contributed by atoms with van der Waals surface area (Å²) in [5.41, 5.74) is 6.40. The largest absolute Gasteiger partial charge is 0.384 e. The van der Waals surface area contributed by atoms with E-state index < -0.39 is 5.91 Å². The highest BCUT2D eigenvalue weighted by Crippen LogP contribution is 2.36. The molecule has 6 nitrogen and oxygen atoms in total. The number of carbonyl (C=O) groups is 1. The second-order valence-electron chi connectivity index (χ2n) is 4.87. The number of hydrogen-bond donors (Lipinski definition) is 1. The zero-order valence-corrected chi connectivity index (χ0v) is 10.9. The van der Waals surface area contributed by atoms with Gasteiger partial charge in [0.1, 0.15) is 0 Å². The Bertz CT molecular complexity index is 426. The van der Waals surface area contributed by atoms with Gasteiger partial charge in [-0.15, -0.1) is 5.10 Å². The average Bonchev–Trinajstić information content (AvgIpc) is 2.67. The highest BCUT2D eigenvalue weighted by atomic mass is 16.5. The lowest BCUT2D eigenvalue weighted by Gasteiger charge is -2.32. The molecule has 0 spiro atoms. The monoisotopic (exact) mass is 252 g/mol. The molecule has 100 valence electrons. The van der Waals surface area contributed by atoms with Crippen molar-refractivity contribution in [2.75, 3.05) is 13.7 Å². The van der Waals surface area contributed by atoms with Gasteiger partial charge in [0, 0.05) is 13.5 Å². The molecule has 1 fully saturated rings. The van der Waals surface area contributed by atoms with Gasteiger partial charge in [0.2, 0.25) is 0 Å². The first-order valence-corrected chi connectivity index (χ1v) is 6.38. The average molecular weight is 252 g/mol. The number of methoxy groups -OCH3 is 1. The van der Waals surface area contributed by atoms with Crippen LogP contribution in [0.4, 0.5) is 0 Å². The molecule has 1 aliphatic carbocycles. The number of nitrogens with two attached hydrogens (primary N) is 1. The third kappa shape index (κ3) is 2.38. The minimum atomic E-state index is -0.520. The molecule has 18 heavy (non-hydrogen) atoms. The van der Waals surface area contributed by atoms with E-state index in [-0.39, 0.29) is 11.7 Å². The smallest absolute Gasteiger partial charge is 0.271 e. The van der Waals surface area contributed by atoms with Gasteiger partial charge in [0.05, 0.1) is 18.3 Å². The van der Waals surface area contributed by atoms with Gasteiger partial charge in [-0.1, -0.05) is 11.6 Å². The van der Waals surface area contributed by atoms with Crippen LogP contribution in [0.5, 0.6) is 0 Å². The van der Waals surface area contributed by atoms with Gasteiger partial charge < -0.3 is 10.5 Å². The van der Waals surface area contributed by atoms with Crippen LogP contribution >= 0.6 is 0 Å². The van der Waals surface area contributed by atoms with E-state index in [4.69, 9.17) is 10.5 Å². The first kappa shape index (κ1) is 13.0. The Morgan fingerprint density at radius 3 is 2.83 bits per heavy atom. The zero-order chi connectivity index (χ0) is 13.1. The third-order valence-electron chi connectivity index (χ3n) is 3.79. The third-order valence-corrected chi connectivity index (χ3v) is 3.79. The lowest BCUT2D eigenvalue weighted by Crippen LogP contribution is -2.26. The van der Waals surface area contributed by atoms with Gasteiger partial charge in [-0.3, -0.25) is 4.79 Å². The van der Waals surface area contributed by atoms with E-state index in [1.807, 2.05) is 4.68 Å². The SMILES string of the molecule is COCCc1c(C(N)=O)nnn1C(C)C1CCC1. The predicted octanol–water partition coefficient (Wildman–Crippen LogP) is 0.927. The lowest BCUT2D eigenvalue weighted by atomic mass is 9.80. The highest BCUT2D eigenvalue weighted by molar-refractivity contribution is 5.91. The van der Waals surface area contributed by atoms with Crippen molar-refractivity contribution in [2.45, 2.75) is 38.6 Å². The van der Waals surface area contributed by atoms with Gasteiger partial charge in [-0.2, -0.15) is 0 Å². The van der Waals surface area contributed by atoms with E-state index in [1.165, 1.54) is 19.3 Å².